The molecular formula is C22H29F6N3O6. The van der Waals surface area contributed by atoms with Crippen molar-refractivity contribution in [1.82, 2.24) is 15.1 Å². The van der Waals surface area contributed by atoms with Crippen LogP contribution in [0, 0.1) is 5.92 Å². The minimum atomic E-state index is -5.08. The van der Waals surface area contributed by atoms with E-state index in [2.05, 4.69) is 10.2 Å². The molecule has 3 rings (SSSR count). The minimum Gasteiger partial charge on any atom is -0.475 e. The molecule has 2 fully saturated rings. The predicted molar refractivity (Wildman–Crippen MR) is 118 cm³/mol. The molecule has 0 aromatic heterocycles. The van der Waals surface area contributed by atoms with Crippen LogP contribution in [0.5, 0.6) is 0 Å². The van der Waals surface area contributed by atoms with E-state index in [1.165, 1.54) is 19.4 Å². The van der Waals surface area contributed by atoms with Gasteiger partial charge in [-0.1, -0.05) is 30.3 Å². The second-order valence-electron chi connectivity index (χ2n) is 8.13. The van der Waals surface area contributed by atoms with E-state index in [9.17, 15) is 31.1 Å². The third-order valence-electron chi connectivity index (χ3n) is 5.30. The smallest absolute Gasteiger partial charge is 0.475 e. The van der Waals surface area contributed by atoms with Crippen molar-refractivity contribution in [3.8, 4) is 0 Å². The molecule has 1 amide bonds. The molecule has 1 aromatic carbocycles. The van der Waals surface area contributed by atoms with Crippen LogP contribution >= 0.6 is 0 Å². The van der Waals surface area contributed by atoms with E-state index in [4.69, 9.17) is 24.5 Å². The summed E-state index contributed by atoms with van der Waals surface area (Å²) in [7, 11) is 0. The number of aliphatic carboxylic acids is 2. The van der Waals surface area contributed by atoms with Crippen molar-refractivity contribution >= 4 is 18.0 Å². The molecule has 0 radical (unpaired) electrons. The molecule has 0 atom stereocenters. The number of hydrogen-bond donors (Lipinski definition) is 3. The molecular weight excluding hydrogens is 516 g/mol. The SMILES string of the molecule is O=C(O)C(F)(F)F.O=C(O)C(F)(F)F.O=C(OCc1ccccc1)N1CCN(CC2CCNCC2)CC1. The lowest BCUT2D eigenvalue weighted by Gasteiger charge is -2.36. The minimum absolute atomic E-state index is 0.185. The molecule has 1 aromatic rings. The molecule has 0 aliphatic carbocycles. The van der Waals surface area contributed by atoms with Gasteiger partial charge in [-0.25, -0.2) is 14.4 Å². The second-order valence-corrected chi connectivity index (χ2v) is 8.13. The van der Waals surface area contributed by atoms with E-state index in [1.807, 2.05) is 35.2 Å². The number of carbonyl (C=O) groups is 3. The predicted octanol–water partition coefficient (Wildman–Crippen LogP) is 3.21. The summed E-state index contributed by atoms with van der Waals surface area (Å²) >= 11 is 0. The summed E-state index contributed by atoms with van der Waals surface area (Å²) in [5, 5.41) is 17.7. The van der Waals surface area contributed by atoms with Crippen molar-refractivity contribution < 1.29 is 55.7 Å². The number of rotatable bonds is 4. The number of alkyl halides is 6. The number of halogens is 6. The van der Waals surface area contributed by atoms with Crippen LogP contribution in [-0.2, 0) is 20.9 Å². The Balaban J connectivity index is 0.000000404. The van der Waals surface area contributed by atoms with Crippen molar-refractivity contribution in [3.05, 3.63) is 35.9 Å². The lowest BCUT2D eigenvalue weighted by atomic mass is 9.97. The summed E-state index contributed by atoms with van der Waals surface area (Å²) in [5.74, 6) is -4.70. The highest BCUT2D eigenvalue weighted by molar-refractivity contribution is 5.73. The molecule has 15 heteroatoms. The van der Waals surface area contributed by atoms with Gasteiger partial charge in [-0.05, 0) is 37.4 Å². The Morgan fingerprint density at radius 3 is 1.76 bits per heavy atom. The molecule has 2 aliphatic heterocycles. The molecule has 0 bridgehead atoms. The van der Waals surface area contributed by atoms with Crippen LogP contribution in [0.4, 0.5) is 31.1 Å². The summed E-state index contributed by atoms with van der Waals surface area (Å²) in [5.41, 5.74) is 1.03. The maximum atomic E-state index is 12.1. The van der Waals surface area contributed by atoms with Crippen molar-refractivity contribution in [2.75, 3.05) is 45.8 Å². The van der Waals surface area contributed by atoms with Gasteiger partial charge in [0.25, 0.3) is 0 Å². The van der Waals surface area contributed by atoms with E-state index in [-0.39, 0.29) is 6.09 Å². The van der Waals surface area contributed by atoms with Crippen LogP contribution in [-0.4, -0.2) is 96.2 Å². The average Bonchev–Trinajstić information content (AvgIpc) is 2.84. The first-order chi connectivity index (χ1) is 17.2. The number of piperazine rings is 1. The lowest BCUT2D eigenvalue weighted by molar-refractivity contribution is -0.193. The normalized spacial score (nSPS) is 17.0. The zero-order chi connectivity index (χ0) is 28.1. The maximum Gasteiger partial charge on any atom is 0.490 e. The first kappa shape index (κ1) is 32.0. The third-order valence-corrected chi connectivity index (χ3v) is 5.30. The van der Waals surface area contributed by atoms with E-state index >= 15 is 0 Å². The molecule has 0 unspecified atom stereocenters. The summed E-state index contributed by atoms with van der Waals surface area (Å²) in [6.07, 6.45) is -7.80. The highest BCUT2D eigenvalue weighted by Crippen LogP contribution is 2.16. The number of carbonyl (C=O) groups excluding carboxylic acids is 1. The Morgan fingerprint density at radius 1 is 0.865 bits per heavy atom. The Morgan fingerprint density at radius 2 is 1.32 bits per heavy atom. The number of benzene rings is 1. The molecule has 0 spiro atoms. The first-order valence-corrected chi connectivity index (χ1v) is 11.2. The van der Waals surface area contributed by atoms with Gasteiger partial charge in [0.2, 0.25) is 0 Å². The molecule has 3 N–H and O–H groups in total. The van der Waals surface area contributed by atoms with Gasteiger partial charge in [0.15, 0.2) is 0 Å². The Labute approximate surface area is 209 Å². The summed E-state index contributed by atoms with van der Waals surface area (Å²) in [4.78, 5) is 34.3. The van der Waals surface area contributed by atoms with Crippen molar-refractivity contribution in [2.24, 2.45) is 5.92 Å². The monoisotopic (exact) mass is 545 g/mol. The van der Waals surface area contributed by atoms with Crippen LogP contribution in [0.3, 0.4) is 0 Å². The topological polar surface area (TPSA) is 119 Å². The summed E-state index contributed by atoms with van der Waals surface area (Å²) in [6, 6.07) is 9.84. The fourth-order valence-electron chi connectivity index (χ4n) is 3.35. The summed E-state index contributed by atoms with van der Waals surface area (Å²) < 4.78 is 68.9. The van der Waals surface area contributed by atoms with E-state index < -0.39 is 24.3 Å². The number of ether oxygens (including phenoxy) is 1. The van der Waals surface area contributed by atoms with E-state index in [0.29, 0.717) is 6.61 Å². The largest absolute Gasteiger partial charge is 0.490 e. The maximum absolute atomic E-state index is 12.1. The fourth-order valence-corrected chi connectivity index (χ4v) is 3.35. The molecule has 0 saturated carbocycles. The Kier molecular flexibility index (Phi) is 13.2. The number of amides is 1. The summed E-state index contributed by atoms with van der Waals surface area (Å²) in [6.45, 7) is 7.31. The number of carboxylic acid groups (broad SMARTS) is 2. The Bertz CT molecular complexity index is 816. The van der Waals surface area contributed by atoms with Crippen molar-refractivity contribution in [2.45, 2.75) is 31.8 Å². The number of nitrogens with zero attached hydrogens (tertiary/aromatic N) is 2. The van der Waals surface area contributed by atoms with Gasteiger partial charge in [-0.3, -0.25) is 4.90 Å². The number of piperidine rings is 1. The first-order valence-electron chi connectivity index (χ1n) is 11.2. The van der Waals surface area contributed by atoms with E-state index in [1.54, 1.807) is 0 Å². The zero-order valence-corrected chi connectivity index (χ0v) is 19.7. The van der Waals surface area contributed by atoms with Gasteiger partial charge < -0.3 is 25.2 Å². The number of carboxylic acids is 2. The van der Waals surface area contributed by atoms with Gasteiger partial charge in [0.1, 0.15) is 6.61 Å². The van der Waals surface area contributed by atoms with Crippen molar-refractivity contribution in [1.29, 1.82) is 0 Å². The molecule has 2 aliphatic rings. The molecule has 37 heavy (non-hydrogen) atoms. The average molecular weight is 545 g/mol. The van der Waals surface area contributed by atoms with Gasteiger partial charge in [0.05, 0.1) is 0 Å². The molecule has 2 heterocycles. The lowest BCUT2D eigenvalue weighted by Crippen LogP contribution is -2.50. The van der Waals surface area contributed by atoms with Crippen LogP contribution in [0.15, 0.2) is 30.3 Å². The number of hydrogen-bond acceptors (Lipinski definition) is 6. The standard InChI is InChI=1S/C18H27N3O2.2C2HF3O2/c22-18(23-15-17-4-2-1-3-5-17)21-12-10-20(11-13-21)14-16-6-8-19-9-7-16;2*3-2(4,5)1(6)7/h1-5,16,19H,6-15H2;2*(H,6,7). The highest BCUT2D eigenvalue weighted by atomic mass is 19.4. The van der Waals surface area contributed by atoms with Gasteiger partial charge in [0, 0.05) is 32.7 Å². The molecule has 9 nitrogen and oxygen atoms in total. The quantitative estimate of drug-likeness (QED) is 0.494. The zero-order valence-electron chi connectivity index (χ0n) is 19.7. The third kappa shape index (κ3) is 13.7. The van der Waals surface area contributed by atoms with E-state index in [0.717, 1.165) is 50.7 Å². The van der Waals surface area contributed by atoms with Gasteiger partial charge in [-0.2, -0.15) is 26.3 Å². The van der Waals surface area contributed by atoms with Gasteiger partial charge >= 0.3 is 30.4 Å². The molecule has 210 valence electrons. The van der Waals surface area contributed by atoms with Crippen LogP contribution in [0.25, 0.3) is 0 Å². The Hall–Kier alpha value is -3.07. The second kappa shape index (κ2) is 15.2. The van der Waals surface area contributed by atoms with Crippen LogP contribution in [0.2, 0.25) is 0 Å². The molecule has 2 saturated heterocycles. The van der Waals surface area contributed by atoms with Crippen LogP contribution in [0.1, 0.15) is 18.4 Å². The number of nitrogens with one attached hydrogen (secondary N) is 1. The van der Waals surface area contributed by atoms with Crippen LogP contribution < -0.4 is 5.32 Å². The van der Waals surface area contributed by atoms with Gasteiger partial charge in [-0.15, -0.1) is 0 Å². The fraction of sp³-hybridized carbons (Fsp3) is 0.591. The van der Waals surface area contributed by atoms with Crippen molar-refractivity contribution in [3.63, 3.8) is 0 Å². The highest BCUT2D eigenvalue weighted by Gasteiger charge is 2.38.